The normalized spacial score (nSPS) is 12.7. The lowest BCUT2D eigenvalue weighted by atomic mass is 10.1. The minimum Gasteiger partial charge on any atom is -0.493 e. The van der Waals surface area contributed by atoms with Gasteiger partial charge in [-0.25, -0.2) is 0 Å². The number of hydrogen-bond donors (Lipinski definition) is 1. The van der Waals surface area contributed by atoms with E-state index in [4.69, 9.17) is 9.47 Å². The van der Waals surface area contributed by atoms with Crippen LogP contribution in [0.3, 0.4) is 0 Å². The SMILES string of the molecule is COCCN[C@@H](C)c1ccccc1OCC(C)C. The molecule has 1 aromatic carbocycles. The number of rotatable bonds is 8. The first-order chi connectivity index (χ1) is 8.65. The summed E-state index contributed by atoms with van der Waals surface area (Å²) in [6, 6.07) is 8.47. The molecule has 0 bridgehead atoms. The van der Waals surface area contributed by atoms with Crippen LogP contribution in [-0.4, -0.2) is 26.9 Å². The van der Waals surface area contributed by atoms with Crippen LogP contribution in [0.2, 0.25) is 0 Å². The van der Waals surface area contributed by atoms with Crippen molar-refractivity contribution in [3.8, 4) is 5.75 Å². The molecular formula is C15H25NO2. The molecule has 0 saturated heterocycles. The Morgan fingerprint density at radius 1 is 1.17 bits per heavy atom. The summed E-state index contributed by atoms with van der Waals surface area (Å²) < 4.78 is 10.9. The van der Waals surface area contributed by atoms with E-state index < -0.39 is 0 Å². The summed E-state index contributed by atoms with van der Waals surface area (Å²) >= 11 is 0. The van der Waals surface area contributed by atoms with Gasteiger partial charge in [0.05, 0.1) is 13.2 Å². The van der Waals surface area contributed by atoms with Gasteiger partial charge in [-0.05, 0) is 18.9 Å². The molecule has 1 rings (SSSR count). The van der Waals surface area contributed by atoms with Gasteiger partial charge in [-0.15, -0.1) is 0 Å². The summed E-state index contributed by atoms with van der Waals surface area (Å²) in [7, 11) is 1.71. The molecule has 18 heavy (non-hydrogen) atoms. The minimum atomic E-state index is 0.267. The largest absolute Gasteiger partial charge is 0.493 e. The number of benzene rings is 1. The van der Waals surface area contributed by atoms with E-state index in [1.54, 1.807) is 7.11 Å². The summed E-state index contributed by atoms with van der Waals surface area (Å²) in [6.45, 7) is 8.77. The lowest BCUT2D eigenvalue weighted by molar-refractivity contribution is 0.196. The molecule has 0 aliphatic heterocycles. The van der Waals surface area contributed by atoms with Crippen molar-refractivity contribution in [1.29, 1.82) is 0 Å². The summed E-state index contributed by atoms with van der Waals surface area (Å²) in [4.78, 5) is 0. The van der Waals surface area contributed by atoms with E-state index in [0.29, 0.717) is 5.92 Å². The Hall–Kier alpha value is -1.06. The minimum absolute atomic E-state index is 0.267. The molecule has 1 atom stereocenters. The first kappa shape index (κ1) is 15.0. The van der Waals surface area contributed by atoms with Gasteiger partial charge in [0.25, 0.3) is 0 Å². The van der Waals surface area contributed by atoms with E-state index in [-0.39, 0.29) is 6.04 Å². The second-order valence-electron chi connectivity index (χ2n) is 4.91. The lowest BCUT2D eigenvalue weighted by Gasteiger charge is -2.19. The highest BCUT2D eigenvalue weighted by Gasteiger charge is 2.10. The number of nitrogens with one attached hydrogen (secondary N) is 1. The maximum Gasteiger partial charge on any atom is 0.124 e. The van der Waals surface area contributed by atoms with Crippen molar-refractivity contribution in [1.82, 2.24) is 5.32 Å². The topological polar surface area (TPSA) is 30.5 Å². The van der Waals surface area contributed by atoms with Gasteiger partial charge in [0.2, 0.25) is 0 Å². The zero-order valence-corrected chi connectivity index (χ0v) is 11.9. The molecule has 0 heterocycles. The van der Waals surface area contributed by atoms with E-state index in [9.17, 15) is 0 Å². The average molecular weight is 251 g/mol. The third kappa shape index (κ3) is 5.07. The van der Waals surface area contributed by atoms with Crippen molar-refractivity contribution >= 4 is 0 Å². The number of hydrogen-bond acceptors (Lipinski definition) is 3. The standard InChI is InChI=1S/C15H25NO2/c1-12(2)11-18-15-8-6-5-7-14(15)13(3)16-9-10-17-4/h5-8,12-13,16H,9-11H2,1-4H3/t13-/m0/s1. The number of ether oxygens (including phenoxy) is 2. The molecule has 1 aromatic rings. The van der Waals surface area contributed by atoms with E-state index in [1.807, 2.05) is 18.2 Å². The highest BCUT2D eigenvalue weighted by Crippen LogP contribution is 2.25. The van der Waals surface area contributed by atoms with Crippen LogP contribution in [0, 0.1) is 5.92 Å². The molecule has 3 nitrogen and oxygen atoms in total. The molecule has 1 N–H and O–H groups in total. The van der Waals surface area contributed by atoms with Crippen molar-refractivity contribution in [2.75, 3.05) is 26.9 Å². The van der Waals surface area contributed by atoms with Crippen LogP contribution in [0.5, 0.6) is 5.75 Å². The van der Waals surface area contributed by atoms with Gasteiger partial charge in [-0.3, -0.25) is 0 Å². The quantitative estimate of drug-likeness (QED) is 0.720. The van der Waals surface area contributed by atoms with Crippen LogP contribution in [-0.2, 0) is 4.74 Å². The second-order valence-corrected chi connectivity index (χ2v) is 4.91. The van der Waals surface area contributed by atoms with Crippen molar-refractivity contribution in [2.45, 2.75) is 26.8 Å². The molecule has 0 spiro atoms. The molecule has 3 heteroatoms. The molecule has 0 aromatic heterocycles. The highest BCUT2D eigenvalue weighted by atomic mass is 16.5. The molecule has 102 valence electrons. The van der Waals surface area contributed by atoms with Crippen molar-refractivity contribution < 1.29 is 9.47 Å². The third-order valence-corrected chi connectivity index (χ3v) is 2.71. The van der Waals surface area contributed by atoms with E-state index in [2.05, 4.69) is 32.2 Å². The van der Waals surface area contributed by atoms with Crippen molar-refractivity contribution in [3.05, 3.63) is 29.8 Å². The molecule has 0 saturated carbocycles. The highest BCUT2D eigenvalue weighted by molar-refractivity contribution is 5.35. The monoisotopic (exact) mass is 251 g/mol. The average Bonchev–Trinajstić information content (AvgIpc) is 2.37. The van der Waals surface area contributed by atoms with Crippen LogP contribution in [0.4, 0.5) is 0 Å². The fraction of sp³-hybridized carbons (Fsp3) is 0.600. The smallest absolute Gasteiger partial charge is 0.124 e. The predicted molar refractivity (Wildman–Crippen MR) is 75.1 cm³/mol. The molecule has 0 radical (unpaired) electrons. The molecule has 0 aliphatic rings. The lowest BCUT2D eigenvalue weighted by Crippen LogP contribution is -2.23. The Bertz CT molecular complexity index is 339. The zero-order valence-electron chi connectivity index (χ0n) is 11.9. The summed E-state index contributed by atoms with van der Waals surface area (Å²) in [5.74, 6) is 1.51. The Balaban J connectivity index is 2.62. The second kappa shape index (κ2) is 8.11. The van der Waals surface area contributed by atoms with E-state index in [0.717, 1.165) is 25.5 Å². The van der Waals surface area contributed by atoms with Crippen molar-refractivity contribution in [2.24, 2.45) is 5.92 Å². The Labute approximate surface area is 110 Å². The third-order valence-electron chi connectivity index (χ3n) is 2.71. The first-order valence-corrected chi connectivity index (χ1v) is 6.59. The zero-order chi connectivity index (χ0) is 13.4. The van der Waals surface area contributed by atoms with Gasteiger partial charge in [-0.1, -0.05) is 32.0 Å². The van der Waals surface area contributed by atoms with E-state index in [1.165, 1.54) is 5.56 Å². The maximum absolute atomic E-state index is 5.85. The fourth-order valence-electron chi connectivity index (χ4n) is 1.71. The van der Waals surface area contributed by atoms with Crippen molar-refractivity contribution in [3.63, 3.8) is 0 Å². The van der Waals surface area contributed by atoms with E-state index >= 15 is 0 Å². The molecule has 0 fully saturated rings. The maximum atomic E-state index is 5.85. The summed E-state index contributed by atoms with van der Waals surface area (Å²) in [5, 5.41) is 3.42. The van der Waals surface area contributed by atoms with Gasteiger partial charge in [0, 0.05) is 25.3 Å². The Morgan fingerprint density at radius 2 is 1.89 bits per heavy atom. The van der Waals surface area contributed by atoms with Crippen LogP contribution in [0.25, 0.3) is 0 Å². The van der Waals surface area contributed by atoms with Crippen LogP contribution in [0.1, 0.15) is 32.4 Å². The van der Waals surface area contributed by atoms with Crippen LogP contribution < -0.4 is 10.1 Å². The van der Waals surface area contributed by atoms with Gasteiger partial charge in [0.1, 0.15) is 5.75 Å². The number of para-hydroxylation sites is 1. The van der Waals surface area contributed by atoms with Gasteiger partial charge >= 0.3 is 0 Å². The summed E-state index contributed by atoms with van der Waals surface area (Å²) in [5.41, 5.74) is 1.20. The molecule has 0 amide bonds. The molecule has 0 unspecified atom stereocenters. The predicted octanol–water partition coefficient (Wildman–Crippen LogP) is 3.02. The van der Waals surface area contributed by atoms with Gasteiger partial charge in [-0.2, -0.15) is 0 Å². The van der Waals surface area contributed by atoms with Gasteiger partial charge in [0.15, 0.2) is 0 Å². The molecule has 0 aliphatic carbocycles. The fourth-order valence-corrected chi connectivity index (χ4v) is 1.71. The van der Waals surface area contributed by atoms with Crippen LogP contribution in [0.15, 0.2) is 24.3 Å². The Kier molecular flexibility index (Phi) is 6.76. The molecular weight excluding hydrogens is 226 g/mol. The summed E-state index contributed by atoms with van der Waals surface area (Å²) in [6.07, 6.45) is 0. The Morgan fingerprint density at radius 3 is 2.56 bits per heavy atom. The number of methoxy groups -OCH3 is 1. The first-order valence-electron chi connectivity index (χ1n) is 6.59. The van der Waals surface area contributed by atoms with Gasteiger partial charge < -0.3 is 14.8 Å². The van der Waals surface area contributed by atoms with Crippen LogP contribution >= 0.6 is 0 Å².